The number of carbonyl (C=O) groups excluding carboxylic acids is 2. The summed E-state index contributed by atoms with van der Waals surface area (Å²) in [5, 5.41) is 15.4. The van der Waals surface area contributed by atoms with E-state index in [0.717, 1.165) is 11.3 Å². The van der Waals surface area contributed by atoms with E-state index in [1.807, 2.05) is 0 Å². The number of benzene rings is 2. The zero-order valence-electron chi connectivity index (χ0n) is 15.7. The van der Waals surface area contributed by atoms with Crippen LogP contribution in [-0.2, 0) is 9.53 Å². The Kier molecular flexibility index (Phi) is 5.58. The van der Waals surface area contributed by atoms with Gasteiger partial charge in [0.25, 0.3) is 11.6 Å². The Hall–Kier alpha value is -4.25. The van der Waals surface area contributed by atoms with Crippen LogP contribution in [-0.4, -0.2) is 38.4 Å². The van der Waals surface area contributed by atoms with Crippen LogP contribution in [0.1, 0.15) is 10.4 Å². The highest BCUT2D eigenvalue weighted by Gasteiger charge is 2.16. The molecule has 0 saturated carbocycles. The first-order valence-electron chi connectivity index (χ1n) is 8.88. The van der Waals surface area contributed by atoms with E-state index in [1.54, 1.807) is 35.7 Å². The molecule has 0 unspecified atom stereocenters. The van der Waals surface area contributed by atoms with Crippen LogP contribution in [0.5, 0.6) is 0 Å². The molecule has 0 atom stereocenters. The van der Waals surface area contributed by atoms with Gasteiger partial charge in [0.15, 0.2) is 11.7 Å². The number of hydrogen-bond acceptors (Lipinski definition) is 9. The van der Waals surface area contributed by atoms with Gasteiger partial charge in [0.05, 0.1) is 21.7 Å². The quantitative estimate of drug-likeness (QED) is 0.276. The average Bonchev–Trinajstić information content (AvgIpc) is 3.25. The third-order valence-electron chi connectivity index (χ3n) is 4.16. The zero-order valence-corrected chi connectivity index (χ0v) is 16.5. The molecule has 0 saturated heterocycles. The Morgan fingerprint density at radius 1 is 1.13 bits per heavy atom. The Bertz CT molecular complexity index is 1300. The maximum absolute atomic E-state index is 12.4. The Morgan fingerprint density at radius 2 is 1.94 bits per heavy atom. The molecule has 0 spiro atoms. The molecule has 10 nitrogen and oxygen atoms in total. The molecule has 0 aliphatic rings. The van der Waals surface area contributed by atoms with Gasteiger partial charge in [-0.25, -0.2) is 9.78 Å². The predicted molar refractivity (Wildman–Crippen MR) is 113 cm³/mol. The number of hydrogen-bond donors (Lipinski definition) is 1. The van der Waals surface area contributed by atoms with Crippen LogP contribution in [0.2, 0.25) is 0 Å². The van der Waals surface area contributed by atoms with Gasteiger partial charge in [0.1, 0.15) is 5.52 Å². The molecule has 154 valence electrons. The van der Waals surface area contributed by atoms with Crippen LogP contribution in [0.3, 0.4) is 0 Å². The third kappa shape index (κ3) is 4.51. The molecular weight excluding hydrogens is 422 g/mol. The number of para-hydroxylation sites is 1. The van der Waals surface area contributed by atoms with Crippen LogP contribution in [0, 0.1) is 10.1 Å². The molecule has 0 radical (unpaired) electrons. The van der Waals surface area contributed by atoms with Crippen LogP contribution in [0.15, 0.2) is 60.2 Å². The van der Waals surface area contributed by atoms with Crippen LogP contribution >= 0.6 is 11.3 Å². The number of nitro groups is 1. The van der Waals surface area contributed by atoms with Crippen molar-refractivity contribution in [3.05, 3.63) is 75.9 Å². The first kappa shape index (κ1) is 20.0. The maximum atomic E-state index is 12.4. The molecule has 2 aromatic carbocycles. The second-order valence-electron chi connectivity index (χ2n) is 6.20. The summed E-state index contributed by atoms with van der Waals surface area (Å²) in [5.41, 5.74) is 2.11. The normalized spacial score (nSPS) is 10.6. The standard InChI is InChI=1S/C20H13N5O5S/c26-17(10-30-19(27)14-5-2-6-15-18(14)22-8-7-21-15)24-20-23-16(11-31-20)12-3-1-4-13(9-12)25(28)29/h1-9,11H,10H2,(H,23,24,26). The largest absolute Gasteiger partial charge is 0.452 e. The molecule has 4 rings (SSSR count). The number of esters is 1. The predicted octanol–water partition coefficient (Wildman–Crippen LogP) is 3.46. The molecule has 31 heavy (non-hydrogen) atoms. The number of thiazole rings is 1. The number of amides is 1. The van der Waals surface area contributed by atoms with Crippen molar-refractivity contribution in [2.24, 2.45) is 0 Å². The van der Waals surface area contributed by atoms with Gasteiger partial charge in [-0.3, -0.25) is 30.2 Å². The summed E-state index contributed by atoms with van der Waals surface area (Å²) in [4.78, 5) is 47.5. The minimum absolute atomic E-state index is 0.0545. The molecule has 0 bridgehead atoms. The lowest BCUT2D eigenvalue weighted by Gasteiger charge is -2.06. The smallest absolute Gasteiger partial charge is 0.340 e. The monoisotopic (exact) mass is 435 g/mol. The number of anilines is 1. The van der Waals surface area contributed by atoms with Crippen LogP contribution in [0.4, 0.5) is 10.8 Å². The SMILES string of the molecule is O=C(COC(=O)c1cccc2nccnc12)Nc1nc(-c2cccc([N+](=O)[O-])c2)cs1. The highest BCUT2D eigenvalue weighted by Crippen LogP contribution is 2.27. The average molecular weight is 435 g/mol. The van der Waals surface area contributed by atoms with E-state index >= 15 is 0 Å². The highest BCUT2D eigenvalue weighted by atomic mass is 32.1. The van der Waals surface area contributed by atoms with Crippen LogP contribution in [0.25, 0.3) is 22.3 Å². The lowest BCUT2D eigenvalue weighted by Crippen LogP contribution is -2.21. The van der Waals surface area contributed by atoms with Gasteiger partial charge in [-0.2, -0.15) is 0 Å². The Labute approximate surface area is 178 Å². The number of nitrogens with zero attached hydrogens (tertiary/aromatic N) is 4. The second-order valence-corrected chi connectivity index (χ2v) is 7.06. The van der Waals surface area contributed by atoms with Gasteiger partial charge >= 0.3 is 5.97 Å². The van der Waals surface area contributed by atoms with Crippen molar-refractivity contribution in [2.75, 3.05) is 11.9 Å². The maximum Gasteiger partial charge on any atom is 0.340 e. The number of fused-ring (bicyclic) bond motifs is 1. The van der Waals surface area contributed by atoms with E-state index in [2.05, 4.69) is 20.3 Å². The molecule has 2 heterocycles. The highest BCUT2D eigenvalue weighted by molar-refractivity contribution is 7.14. The van der Waals surface area contributed by atoms with Crippen molar-refractivity contribution < 1.29 is 19.2 Å². The number of nitrogens with one attached hydrogen (secondary N) is 1. The summed E-state index contributed by atoms with van der Waals surface area (Å²) >= 11 is 1.15. The molecule has 11 heteroatoms. The van der Waals surface area contributed by atoms with Crippen molar-refractivity contribution in [2.45, 2.75) is 0 Å². The van der Waals surface area contributed by atoms with Gasteiger partial charge < -0.3 is 4.74 Å². The van der Waals surface area contributed by atoms with E-state index in [9.17, 15) is 19.7 Å². The number of aromatic nitrogens is 3. The number of ether oxygens (including phenoxy) is 1. The number of non-ortho nitro benzene ring substituents is 1. The molecule has 0 aliphatic heterocycles. The molecule has 0 aliphatic carbocycles. The molecule has 4 aromatic rings. The summed E-state index contributed by atoms with van der Waals surface area (Å²) in [6, 6.07) is 10.9. The van der Waals surface area contributed by atoms with E-state index in [-0.39, 0.29) is 16.4 Å². The minimum Gasteiger partial charge on any atom is -0.452 e. The van der Waals surface area contributed by atoms with Crippen molar-refractivity contribution in [1.29, 1.82) is 0 Å². The molecule has 2 aromatic heterocycles. The Balaban J connectivity index is 1.39. The fourth-order valence-corrected chi connectivity index (χ4v) is 3.50. The first-order chi connectivity index (χ1) is 15.0. The van der Waals surface area contributed by atoms with E-state index < -0.39 is 23.4 Å². The van der Waals surface area contributed by atoms with Gasteiger partial charge in [-0.1, -0.05) is 18.2 Å². The fourth-order valence-electron chi connectivity index (χ4n) is 2.76. The summed E-state index contributed by atoms with van der Waals surface area (Å²) in [6.45, 7) is -0.513. The second kappa shape index (κ2) is 8.63. The fraction of sp³-hybridized carbons (Fsp3) is 0.0500. The van der Waals surface area contributed by atoms with Gasteiger partial charge in [-0.15, -0.1) is 11.3 Å². The minimum atomic E-state index is -0.697. The van der Waals surface area contributed by atoms with Gasteiger partial charge in [0, 0.05) is 35.5 Å². The van der Waals surface area contributed by atoms with E-state index in [4.69, 9.17) is 4.74 Å². The van der Waals surface area contributed by atoms with Crippen molar-refractivity contribution >= 4 is 45.1 Å². The lowest BCUT2D eigenvalue weighted by atomic mass is 10.1. The van der Waals surface area contributed by atoms with Gasteiger partial charge in [-0.05, 0) is 12.1 Å². The number of carbonyl (C=O) groups is 2. The van der Waals surface area contributed by atoms with Crippen molar-refractivity contribution in [3.63, 3.8) is 0 Å². The summed E-state index contributed by atoms with van der Waals surface area (Å²) < 4.78 is 5.09. The molecule has 1 amide bonds. The van der Waals surface area contributed by atoms with Crippen molar-refractivity contribution in [3.8, 4) is 11.3 Å². The van der Waals surface area contributed by atoms with E-state index in [0.29, 0.717) is 22.3 Å². The van der Waals surface area contributed by atoms with Crippen LogP contribution < -0.4 is 5.32 Å². The molecule has 0 fully saturated rings. The summed E-state index contributed by atoms with van der Waals surface area (Å²) in [7, 11) is 0. The van der Waals surface area contributed by atoms with Gasteiger partial charge in [0.2, 0.25) is 0 Å². The number of rotatable bonds is 6. The molecular formula is C20H13N5O5S. The Morgan fingerprint density at radius 3 is 2.77 bits per heavy atom. The van der Waals surface area contributed by atoms with E-state index in [1.165, 1.54) is 24.5 Å². The molecule has 1 N–H and O–H groups in total. The first-order valence-corrected chi connectivity index (χ1v) is 9.76. The summed E-state index contributed by atoms with van der Waals surface area (Å²) in [6.07, 6.45) is 2.98. The van der Waals surface area contributed by atoms with Crippen molar-refractivity contribution in [1.82, 2.24) is 15.0 Å². The lowest BCUT2D eigenvalue weighted by molar-refractivity contribution is -0.384. The summed E-state index contributed by atoms with van der Waals surface area (Å²) in [5.74, 6) is -1.27. The zero-order chi connectivity index (χ0) is 21.8. The topological polar surface area (TPSA) is 137 Å². The third-order valence-corrected chi connectivity index (χ3v) is 4.91. The number of nitro benzene ring substituents is 1.